The highest BCUT2D eigenvalue weighted by Crippen LogP contribution is 2.22. The van der Waals surface area contributed by atoms with Gasteiger partial charge in [-0.05, 0) is 42.0 Å². The quantitative estimate of drug-likeness (QED) is 0.801. The monoisotopic (exact) mass is 325 g/mol. The minimum atomic E-state index is -3.17. The van der Waals surface area contributed by atoms with Crippen molar-refractivity contribution in [2.75, 3.05) is 0 Å². The topological polar surface area (TPSA) is 47.0 Å². The fourth-order valence-corrected chi connectivity index (χ4v) is 3.74. The first kappa shape index (κ1) is 11.9. The molecule has 0 saturated carbocycles. The third-order valence-electron chi connectivity index (χ3n) is 2.15. The van der Waals surface area contributed by atoms with Crippen LogP contribution in [0.4, 0.5) is 0 Å². The molecule has 1 aromatic rings. The van der Waals surface area contributed by atoms with Crippen molar-refractivity contribution in [2.24, 2.45) is 0 Å². The van der Waals surface area contributed by atoms with E-state index in [1.165, 1.54) is 6.20 Å². The summed E-state index contributed by atoms with van der Waals surface area (Å²) >= 11 is 1.99. The van der Waals surface area contributed by atoms with Crippen LogP contribution in [0.2, 0.25) is 0 Å². The van der Waals surface area contributed by atoms with Gasteiger partial charge in [0, 0.05) is 12.4 Å². The molecule has 0 radical (unpaired) electrons. The molecule has 14 heavy (non-hydrogen) atoms. The minimum absolute atomic E-state index is 0.335. The molecule has 78 valence electrons. The number of halogens is 1. The van der Waals surface area contributed by atoms with Gasteiger partial charge >= 0.3 is 0 Å². The summed E-state index contributed by atoms with van der Waals surface area (Å²) in [7, 11) is -3.17. The Bertz CT molecular complexity index is 417. The molecule has 1 atom stereocenters. The Morgan fingerprint density at radius 2 is 2.21 bits per heavy atom. The van der Waals surface area contributed by atoms with E-state index in [1.54, 1.807) is 19.2 Å². The van der Waals surface area contributed by atoms with Crippen molar-refractivity contribution in [1.82, 2.24) is 4.98 Å². The molecule has 1 aromatic heterocycles. The summed E-state index contributed by atoms with van der Waals surface area (Å²) in [5, 5.41) is -0.335. The van der Waals surface area contributed by atoms with E-state index in [0.29, 0.717) is 14.9 Å². The Labute approximate surface area is 98.0 Å². The smallest absolute Gasteiger partial charge is 0.182 e. The SMILES string of the molecule is CCC(C)S(=O)(=O)c1ccncc1I. The summed E-state index contributed by atoms with van der Waals surface area (Å²) in [5.74, 6) is 0. The largest absolute Gasteiger partial charge is 0.264 e. The number of hydrogen-bond donors (Lipinski definition) is 0. The Balaban J connectivity index is 3.24. The molecule has 0 fully saturated rings. The molecule has 1 unspecified atom stereocenters. The van der Waals surface area contributed by atoms with E-state index in [4.69, 9.17) is 0 Å². The second kappa shape index (κ2) is 4.57. The van der Waals surface area contributed by atoms with Gasteiger partial charge < -0.3 is 0 Å². The van der Waals surface area contributed by atoms with Gasteiger partial charge in [0.25, 0.3) is 0 Å². The van der Waals surface area contributed by atoms with E-state index in [0.717, 1.165) is 0 Å². The molecular weight excluding hydrogens is 313 g/mol. The van der Waals surface area contributed by atoms with E-state index in [2.05, 4.69) is 4.98 Å². The van der Waals surface area contributed by atoms with E-state index < -0.39 is 9.84 Å². The zero-order valence-corrected chi connectivity index (χ0v) is 11.0. The van der Waals surface area contributed by atoms with Gasteiger partial charge in [0.1, 0.15) is 0 Å². The molecule has 0 aromatic carbocycles. The van der Waals surface area contributed by atoms with Gasteiger partial charge in [0.15, 0.2) is 9.84 Å². The molecule has 3 nitrogen and oxygen atoms in total. The van der Waals surface area contributed by atoms with Crippen molar-refractivity contribution in [3.05, 3.63) is 22.0 Å². The van der Waals surface area contributed by atoms with Crippen LogP contribution in [-0.4, -0.2) is 18.7 Å². The molecule has 1 heterocycles. The third-order valence-corrected chi connectivity index (χ3v) is 5.73. The van der Waals surface area contributed by atoms with Gasteiger partial charge in [0.05, 0.1) is 13.7 Å². The number of rotatable bonds is 3. The van der Waals surface area contributed by atoms with Crippen molar-refractivity contribution in [3.8, 4) is 0 Å². The fourth-order valence-electron chi connectivity index (χ4n) is 1.03. The Kier molecular flexibility index (Phi) is 3.88. The van der Waals surface area contributed by atoms with Gasteiger partial charge in [-0.3, -0.25) is 4.98 Å². The average Bonchev–Trinajstić information content (AvgIpc) is 2.17. The first-order chi connectivity index (χ1) is 6.50. The summed E-state index contributed by atoms with van der Waals surface area (Å²) in [6.45, 7) is 3.60. The zero-order valence-electron chi connectivity index (χ0n) is 8.07. The summed E-state index contributed by atoms with van der Waals surface area (Å²) in [6, 6.07) is 1.56. The lowest BCUT2D eigenvalue weighted by Gasteiger charge is -2.11. The van der Waals surface area contributed by atoms with Crippen LogP contribution >= 0.6 is 22.6 Å². The molecule has 0 amide bonds. The maximum atomic E-state index is 12.0. The third kappa shape index (κ3) is 2.25. The molecule has 0 N–H and O–H groups in total. The predicted molar refractivity (Wildman–Crippen MR) is 63.9 cm³/mol. The standard InChI is InChI=1S/C9H12INO2S/c1-3-7(2)14(12,13)9-4-5-11-6-8(9)10/h4-7H,3H2,1-2H3. The number of nitrogens with zero attached hydrogens (tertiary/aromatic N) is 1. The molecule has 0 aliphatic carbocycles. The van der Waals surface area contributed by atoms with Crippen LogP contribution in [0.3, 0.4) is 0 Å². The van der Waals surface area contributed by atoms with Gasteiger partial charge in [-0.1, -0.05) is 6.92 Å². The van der Waals surface area contributed by atoms with E-state index >= 15 is 0 Å². The summed E-state index contributed by atoms with van der Waals surface area (Å²) in [4.78, 5) is 4.26. The molecule has 0 aliphatic rings. The van der Waals surface area contributed by atoms with E-state index in [-0.39, 0.29) is 5.25 Å². The Morgan fingerprint density at radius 1 is 1.57 bits per heavy atom. The number of hydrogen-bond acceptors (Lipinski definition) is 3. The first-order valence-electron chi connectivity index (χ1n) is 4.33. The molecule has 0 aliphatic heterocycles. The van der Waals surface area contributed by atoms with Gasteiger partial charge in [-0.15, -0.1) is 0 Å². The fraction of sp³-hybridized carbons (Fsp3) is 0.444. The molecule has 5 heteroatoms. The van der Waals surface area contributed by atoms with Gasteiger partial charge in [-0.25, -0.2) is 8.42 Å². The highest BCUT2D eigenvalue weighted by molar-refractivity contribution is 14.1. The van der Waals surface area contributed by atoms with Crippen molar-refractivity contribution >= 4 is 32.4 Å². The lowest BCUT2D eigenvalue weighted by Crippen LogP contribution is -2.18. The van der Waals surface area contributed by atoms with Crippen molar-refractivity contribution in [3.63, 3.8) is 0 Å². The van der Waals surface area contributed by atoms with Gasteiger partial charge in [-0.2, -0.15) is 0 Å². The first-order valence-corrected chi connectivity index (χ1v) is 6.96. The van der Waals surface area contributed by atoms with Crippen LogP contribution in [0, 0.1) is 3.57 Å². The maximum absolute atomic E-state index is 12.0. The molecule has 0 spiro atoms. The maximum Gasteiger partial charge on any atom is 0.182 e. The van der Waals surface area contributed by atoms with Crippen molar-refractivity contribution in [2.45, 2.75) is 30.4 Å². The van der Waals surface area contributed by atoms with Crippen LogP contribution in [0.15, 0.2) is 23.4 Å². The van der Waals surface area contributed by atoms with E-state index in [9.17, 15) is 8.42 Å². The Hall–Kier alpha value is -0.170. The molecular formula is C9H12INO2S. The minimum Gasteiger partial charge on any atom is -0.264 e. The molecule has 1 rings (SSSR count). The second-order valence-electron chi connectivity index (χ2n) is 3.07. The highest BCUT2D eigenvalue weighted by Gasteiger charge is 2.23. The van der Waals surface area contributed by atoms with Crippen molar-refractivity contribution < 1.29 is 8.42 Å². The molecule has 0 saturated heterocycles. The van der Waals surface area contributed by atoms with Crippen molar-refractivity contribution in [1.29, 1.82) is 0 Å². The van der Waals surface area contributed by atoms with Crippen LogP contribution in [0.1, 0.15) is 20.3 Å². The highest BCUT2D eigenvalue weighted by atomic mass is 127. The summed E-state index contributed by atoms with van der Waals surface area (Å²) < 4.78 is 24.6. The summed E-state index contributed by atoms with van der Waals surface area (Å²) in [5.41, 5.74) is 0. The second-order valence-corrected chi connectivity index (χ2v) is 6.57. The lowest BCUT2D eigenvalue weighted by molar-refractivity contribution is 0.580. The summed E-state index contributed by atoms with van der Waals surface area (Å²) in [6.07, 6.45) is 3.70. The van der Waals surface area contributed by atoms with E-state index in [1.807, 2.05) is 29.5 Å². The van der Waals surface area contributed by atoms with Crippen LogP contribution in [0.25, 0.3) is 0 Å². The number of pyridine rings is 1. The zero-order chi connectivity index (χ0) is 10.8. The predicted octanol–water partition coefficient (Wildman–Crippen LogP) is 2.26. The lowest BCUT2D eigenvalue weighted by atomic mass is 10.4. The average molecular weight is 325 g/mol. The normalized spacial score (nSPS) is 13.9. The molecule has 0 bridgehead atoms. The van der Waals surface area contributed by atoms with Crippen LogP contribution < -0.4 is 0 Å². The number of sulfone groups is 1. The van der Waals surface area contributed by atoms with Crippen LogP contribution in [0.5, 0.6) is 0 Å². The van der Waals surface area contributed by atoms with Crippen LogP contribution in [-0.2, 0) is 9.84 Å². The Morgan fingerprint density at radius 3 is 2.71 bits per heavy atom. The van der Waals surface area contributed by atoms with Gasteiger partial charge in [0.2, 0.25) is 0 Å². The number of aromatic nitrogens is 1.